The standard InChI is InChI=1S/C16H20O4S/c1-10(17)21-7-6-15(19)16(20)13-3-2-12-9-14(18)5-4-11(12)8-13/h2-3,8,15-16,19-20H,4-7,9H2,1H3. The first kappa shape index (κ1) is 16.2. The lowest BCUT2D eigenvalue weighted by Gasteiger charge is -2.21. The predicted octanol–water partition coefficient (Wildman–Crippen LogP) is 1.81. The molecule has 1 aromatic rings. The van der Waals surface area contributed by atoms with Crippen molar-refractivity contribution in [3.8, 4) is 0 Å². The Morgan fingerprint density at radius 2 is 2.05 bits per heavy atom. The third-order valence-electron chi connectivity index (χ3n) is 3.72. The Morgan fingerprint density at radius 3 is 2.76 bits per heavy atom. The molecule has 0 aromatic heterocycles. The molecule has 4 nitrogen and oxygen atoms in total. The molecule has 0 aliphatic heterocycles. The zero-order valence-corrected chi connectivity index (χ0v) is 12.9. The van der Waals surface area contributed by atoms with Crippen molar-refractivity contribution in [3.63, 3.8) is 0 Å². The van der Waals surface area contributed by atoms with Crippen LogP contribution in [-0.4, -0.2) is 33.0 Å². The van der Waals surface area contributed by atoms with E-state index in [4.69, 9.17) is 0 Å². The molecule has 0 heterocycles. The number of thioether (sulfide) groups is 1. The number of Topliss-reactive ketones (excluding diaryl/α,β-unsaturated/α-hetero) is 1. The summed E-state index contributed by atoms with van der Waals surface area (Å²) < 4.78 is 0. The molecule has 5 heteroatoms. The van der Waals surface area contributed by atoms with Crippen LogP contribution in [0.3, 0.4) is 0 Å². The quantitative estimate of drug-likeness (QED) is 0.868. The van der Waals surface area contributed by atoms with E-state index in [9.17, 15) is 19.8 Å². The Bertz CT molecular complexity index is 541. The summed E-state index contributed by atoms with van der Waals surface area (Å²) in [6, 6.07) is 5.51. The topological polar surface area (TPSA) is 74.6 Å². The monoisotopic (exact) mass is 308 g/mol. The van der Waals surface area contributed by atoms with E-state index < -0.39 is 12.2 Å². The highest BCUT2D eigenvalue weighted by Gasteiger charge is 2.21. The minimum absolute atomic E-state index is 0.00939. The van der Waals surface area contributed by atoms with Crippen molar-refractivity contribution >= 4 is 22.7 Å². The highest BCUT2D eigenvalue weighted by atomic mass is 32.2. The molecular weight excluding hydrogens is 288 g/mol. The summed E-state index contributed by atoms with van der Waals surface area (Å²) in [4.78, 5) is 22.3. The zero-order chi connectivity index (χ0) is 15.4. The van der Waals surface area contributed by atoms with Gasteiger partial charge in [-0.2, -0.15) is 0 Å². The zero-order valence-electron chi connectivity index (χ0n) is 12.0. The van der Waals surface area contributed by atoms with E-state index in [1.807, 2.05) is 12.1 Å². The minimum Gasteiger partial charge on any atom is -0.390 e. The lowest BCUT2D eigenvalue weighted by atomic mass is 9.88. The fourth-order valence-corrected chi connectivity index (χ4v) is 3.16. The molecule has 2 rings (SSSR count). The lowest BCUT2D eigenvalue weighted by molar-refractivity contribution is -0.118. The first-order valence-corrected chi connectivity index (χ1v) is 8.09. The highest BCUT2D eigenvalue weighted by Crippen LogP contribution is 2.26. The number of rotatable bonds is 5. The number of hydrogen-bond acceptors (Lipinski definition) is 5. The second-order valence-electron chi connectivity index (χ2n) is 5.38. The van der Waals surface area contributed by atoms with Crippen molar-refractivity contribution < 1.29 is 19.8 Å². The van der Waals surface area contributed by atoms with E-state index in [1.165, 1.54) is 6.92 Å². The van der Waals surface area contributed by atoms with Gasteiger partial charge < -0.3 is 10.2 Å². The Labute approximate surface area is 128 Å². The van der Waals surface area contributed by atoms with Gasteiger partial charge in [-0.3, -0.25) is 9.59 Å². The summed E-state index contributed by atoms with van der Waals surface area (Å²) in [6.07, 6.45) is 0.223. The first-order chi connectivity index (χ1) is 9.97. The molecule has 0 amide bonds. The Morgan fingerprint density at radius 1 is 1.29 bits per heavy atom. The molecule has 0 radical (unpaired) electrons. The van der Waals surface area contributed by atoms with Crippen LogP contribution in [-0.2, 0) is 22.4 Å². The van der Waals surface area contributed by atoms with Gasteiger partial charge in [-0.25, -0.2) is 0 Å². The van der Waals surface area contributed by atoms with Crippen molar-refractivity contribution in [2.45, 2.75) is 44.8 Å². The van der Waals surface area contributed by atoms with Gasteiger partial charge in [0.05, 0.1) is 6.10 Å². The van der Waals surface area contributed by atoms with Crippen molar-refractivity contribution in [3.05, 3.63) is 34.9 Å². The summed E-state index contributed by atoms with van der Waals surface area (Å²) in [6.45, 7) is 1.48. The number of aryl methyl sites for hydroxylation is 1. The molecule has 1 aromatic carbocycles. The molecular formula is C16H20O4S. The molecule has 0 fully saturated rings. The third-order valence-corrected chi connectivity index (χ3v) is 4.56. The van der Waals surface area contributed by atoms with Gasteiger partial charge in [0.25, 0.3) is 0 Å². The molecule has 0 bridgehead atoms. The Kier molecular flexibility index (Phi) is 5.56. The molecule has 114 valence electrons. The maximum absolute atomic E-state index is 11.4. The molecule has 2 atom stereocenters. The average molecular weight is 308 g/mol. The summed E-state index contributed by atoms with van der Waals surface area (Å²) >= 11 is 1.15. The fourth-order valence-electron chi connectivity index (χ4n) is 2.51. The maximum atomic E-state index is 11.4. The van der Waals surface area contributed by atoms with Crippen LogP contribution in [0.25, 0.3) is 0 Å². The molecule has 1 aliphatic carbocycles. The maximum Gasteiger partial charge on any atom is 0.185 e. The van der Waals surface area contributed by atoms with Crippen molar-refractivity contribution in [2.75, 3.05) is 5.75 Å². The van der Waals surface area contributed by atoms with Crippen LogP contribution in [0.4, 0.5) is 0 Å². The summed E-state index contributed by atoms with van der Waals surface area (Å²) in [5.41, 5.74) is 2.77. The van der Waals surface area contributed by atoms with Gasteiger partial charge in [-0.15, -0.1) is 0 Å². The highest BCUT2D eigenvalue weighted by molar-refractivity contribution is 8.13. The first-order valence-electron chi connectivity index (χ1n) is 7.10. The smallest absolute Gasteiger partial charge is 0.185 e. The second kappa shape index (κ2) is 7.20. The minimum atomic E-state index is -0.958. The largest absolute Gasteiger partial charge is 0.390 e. The molecule has 2 N–H and O–H groups in total. The van der Waals surface area contributed by atoms with Crippen LogP contribution in [0.15, 0.2) is 18.2 Å². The molecule has 1 aliphatic rings. The van der Waals surface area contributed by atoms with E-state index in [2.05, 4.69) is 0 Å². The van der Waals surface area contributed by atoms with E-state index in [0.717, 1.165) is 22.9 Å². The van der Waals surface area contributed by atoms with Gasteiger partial charge in [0.15, 0.2) is 5.12 Å². The van der Waals surface area contributed by atoms with Crippen molar-refractivity contribution in [2.24, 2.45) is 0 Å². The molecule has 2 unspecified atom stereocenters. The van der Waals surface area contributed by atoms with Gasteiger partial charge in [0.2, 0.25) is 0 Å². The lowest BCUT2D eigenvalue weighted by Crippen LogP contribution is -2.20. The number of aliphatic hydroxyl groups excluding tert-OH is 2. The van der Waals surface area contributed by atoms with E-state index in [1.54, 1.807) is 6.07 Å². The van der Waals surface area contributed by atoms with E-state index >= 15 is 0 Å². The van der Waals surface area contributed by atoms with Crippen molar-refractivity contribution in [1.82, 2.24) is 0 Å². The van der Waals surface area contributed by atoms with Crippen LogP contribution in [0, 0.1) is 0 Å². The Hall–Kier alpha value is -1.17. The Balaban J connectivity index is 2.00. The van der Waals surface area contributed by atoms with Gasteiger partial charge >= 0.3 is 0 Å². The predicted molar refractivity (Wildman–Crippen MR) is 82.2 cm³/mol. The van der Waals surface area contributed by atoms with Crippen molar-refractivity contribution in [1.29, 1.82) is 0 Å². The number of fused-ring (bicyclic) bond motifs is 1. The second-order valence-corrected chi connectivity index (χ2v) is 6.66. The molecule has 0 saturated heterocycles. The number of aliphatic hydroxyl groups is 2. The molecule has 0 saturated carbocycles. The van der Waals surface area contributed by atoms with Gasteiger partial charge in [0, 0.05) is 25.5 Å². The average Bonchev–Trinajstić information content (AvgIpc) is 2.45. The number of carbonyl (C=O) groups is 2. The van der Waals surface area contributed by atoms with E-state index in [-0.39, 0.29) is 10.9 Å². The summed E-state index contributed by atoms with van der Waals surface area (Å²) in [7, 11) is 0. The fraction of sp³-hybridized carbons (Fsp3) is 0.500. The van der Waals surface area contributed by atoms with Crippen LogP contribution in [0.5, 0.6) is 0 Å². The van der Waals surface area contributed by atoms with Crippen LogP contribution < -0.4 is 0 Å². The summed E-state index contributed by atoms with van der Waals surface area (Å²) in [5, 5.41) is 20.2. The van der Waals surface area contributed by atoms with Gasteiger partial charge in [-0.05, 0) is 29.5 Å². The van der Waals surface area contributed by atoms with Crippen LogP contribution in [0.2, 0.25) is 0 Å². The molecule has 21 heavy (non-hydrogen) atoms. The van der Waals surface area contributed by atoms with Gasteiger partial charge in [0.1, 0.15) is 11.9 Å². The van der Waals surface area contributed by atoms with Crippen LogP contribution >= 0.6 is 11.8 Å². The molecule has 0 spiro atoms. The van der Waals surface area contributed by atoms with Crippen LogP contribution in [0.1, 0.15) is 42.6 Å². The normalized spacial score (nSPS) is 17.2. The number of ketones is 1. The van der Waals surface area contributed by atoms with E-state index in [0.29, 0.717) is 37.0 Å². The number of benzene rings is 1. The third kappa shape index (κ3) is 4.40. The number of carbonyl (C=O) groups excluding carboxylic acids is 2. The SMILES string of the molecule is CC(=O)SCCC(O)C(O)c1ccc2c(c1)CCC(=O)C2. The number of hydrogen-bond donors (Lipinski definition) is 2. The summed E-state index contributed by atoms with van der Waals surface area (Å²) in [5.74, 6) is 0.740. The van der Waals surface area contributed by atoms with Gasteiger partial charge in [-0.1, -0.05) is 30.0 Å².